The van der Waals surface area contributed by atoms with Crippen molar-refractivity contribution in [3.8, 4) is 5.75 Å². The molecule has 0 radical (unpaired) electrons. The number of hydrogen-bond donors (Lipinski definition) is 1. The first-order chi connectivity index (χ1) is 10.1. The number of ether oxygens (including phenoxy) is 1. The summed E-state index contributed by atoms with van der Waals surface area (Å²) in [6, 6.07) is 12.0. The van der Waals surface area contributed by atoms with Gasteiger partial charge in [0, 0.05) is 24.0 Å². The molecule has 1 fully saturated rings. The Hall–Kier alpha value is -1.00. The van der Waals surface area contributed by atoms with E-state index < -0.39 is 5.82 Å². The molecule has 0 saturated carbocycles. The summed E-state index contributed by atoms with van der Waals surface area (Å²) in [6.45, 7) is 1.69. The molecule has 0 aromatic heterocycles. The summed E-state index contributed by atoms with van der Waals surface area (Å²) in [5, 5.41) is 3.94. The van der Waals surface area contributed by atoms with Crippen molar-refractivity contribution in [1.82, 2.24) is 5.32 Å². The lowest BCUT2D eigenvalue weighted by molar-refractivity contribution is 0.0990. The molecule has 2 nitrogen and oxygen atoms in total. The van der Waals surface area contributed by atoms with Crippen molar-refractivity contribution in [3.63, 3.8) is 0 Å². The molecule has 6 heteroatoms. The molecule has 2 aromatic rings. The highest BCUT2D eigenvalue weighted by Crippen LogP contribution is 2.33. The second-order valence-electron chi connectivity index (χ2n) is 5.09. The topological polar surface area (TPSA) is 21.3 Å². The Bertz CT molecular complexity index is 649. The summed E-state index contributed by atoms with van der Waals surface area (Å²) in [5.41, 5.74) is 0.781. The van der Waals surface area contributed by atoms with Crippen molar-refractivity contribution in [2.45, 2.75) is 6.10 Å². The number of rotatable bonds is 4. The van der Waals surface area contributed by atoms with E-state index in [-0.39, 0.29) is 23.5 Å². The monoisotopic (exact) mass is 361 g/mol. The molecule has 1 aliphatic heterocycles. The Kier molecular flexibility index (Phi) is 5.93. The summed E-state index contributed by atoms with van der Waals surface area (Å²) in [7, 11) is 0. The van der Waals surface area contributed by atoms with Crippen LogP contribution in [0.5, 0.6) is 5.75 Å². The Morgan fingerprint density at radius 1 is 1.14 bits per heavy atom. The Labute approximate surface area is 145 Å². The highest BCUT2D eigenvalue weighted by atomic mass is 35.5. The van der Waals surface area contributed by atoms with E-state index in [4.69, 9.17) is 27.9 Å². The Morgan fingerprint density at radius 2 is 1.91 bits per heavy atom. The van der Waals surface area contributed by atoms with E-state index in [9.17, 15) is 4.39 Å². The van der Waals surface area contributed by atoms with Crippen LogP contribution in [0.2, 0.25) is 10.0 Å². The lowest BCUT2D eigenvalue weighted by atomic mass is 9.90. The molecular weight excluding hydrogens is 348 g/mol. The zero-order valence-corrected chi connectivity index (χ0v) is 13.9. The van der Waals surface area contributed by atoms with Crippen LogP contribution in [0.1, 0.15) is 11.7 Å². The van der Waals surface area contributed by atoms with Gasteiger partial charge in [-0.05, 0) is 35.9 Å². The second kappa shape index (κ2) is 7.51. The summed E-state index contributed by atoms with van der Waals surface area (Å²) < 4.78 is 19.7. The van der Waals surface area contributed by atoms with Crippen molar-refractivity contribution in [2.24, 2.45) is 5.92 Å². The third-order valence-electron chi connectivity index (χ3n) is 3.57. The fourth-order valence-electron chi connectivity index (χ4n) is 2.34. The first-order valence-electron chi connectivity index (χ1n) is 6.71. The number of nitrogens with one attached hydrogen (secondary N) is 1. The number of hydrogen-bond acceptors (Lipinski definition) is 2. The van der Waals surface area contributed by atoms with Gasteiger partial charge >= 0.3 is 0 Å². The van der Waals surface area contributed by atoms with Crippen LogP contribution in [0, 0.1) is 11.7 Å². The van der Waals surface area contributed by atoms with E-state index >= 15 is 0 Å². The van der Waals surface area contributed by atoms with Crippen LogP contribution in [0.25, 0.3) is 0 Å². The summed E-state index contributed by atoms with van der Waals surface area (Å²) in [4.78, 5) is 0. The smallest absolute Gasteiger partial charge is 0.142 e. The minimum Gasteiger partial charge on any atom is -0.485 e. The summed E-state index contributed by atoms with van der Waals surface area (Å²) >= 11 is 11.7. The SMILES string of the molecule is Cl.Fc1cc([C@H](Oc2cccc(Cl)c2)C2CNC2)ccc1Cl. The highest BCUT2D eigenvalue weighted by molar-refractivity contribution is 6.31. The quantitative estimate of drug-likeness (QED) is 0.836. The second-order valence-corrected chi connectivity index (χ2v) is 5.93. The van der Waals surface area contributed by atoms with E-state index in [1.165, 1.54) is 6.07 Å². The lowest BCUT2D eigenvalue weighted by Crippen LogP contribution is -2.46. The van der Waals surface area contributed by atoms with Crippen LogP contribution in [0.3, 0.4) is 0 Å². The average molecular weight is 363 g/mol. The van der Waals surface area contributed by atoms with Gasteiger partial charge in [-0.25, -0.2) is 4.39 Å². The van der Waals surface area contributed by atoms with Crippen LogP contribution in [0.15, 0.2) is 42.5 Å². The normalized spacial score (nSPS) is 15.6. The van der Waals surface area contributed by atoms with Gasteiger partial charge in [0.15, 0.2) is 0 Å². The third-order valence-corrected chi connectivity index (χ3v) is 4.11. The molecule has 0 spiro atoms. The predicted octanol–water partition coefficient (Wildman–Crippen LogP) is 4.89. The molecule has 0 aliphatic carbocycles. The van der Waals surface area contributed by atoms with Crippen molar-refractivity contribution < 1.29 is 9.13 Å². The molecule has 1 atom stereocenters. The first kappa shape index (κ1) is 17.4. The predicted molar refractivity (Wildman–Crippen MR) is 89.8 cm³/mol. The van der Waals surface area contributed by atoms with Gasteiger partial charge in [0.05, 0.1) is 5.02 Å². The molecular formula is C16H15Cl3FNO. The van der Waals surface area contributed by atoms with E-state index in [1.807, 2.05) is 12.1 Å². The minimum atomic E-state index is -0.429. The maximum absolute atomic E-state index is 13.7. The van der Waals surface area contributed by atoms with Gasteiger partial charge < -0.3 is 10.1 Å². The van der Waals surface area contributed by atoms with Crippen LogP contribution >= 0.6 is 35.6 Å². The van der Waals surface area contributed by atoms with E-state index in [0.29, 0.717) is 16.7 Å². The molecule has 2 aromatic carbocycles. The van der Waals surface area contributed by atoms with Crippen LogP contribution in [0.4, 0.5) is 4.39 Å². The fraction of sp³-hybridized carbons (Fsp3) is 0.250. The van der Waals surface area contributed by atoms with Crippen molar-refractivity contribution in [2.75, 3.05) is 13.1 Å². The molecule has 118 valence electrons. The molecule has 1 N–H and O–H groups in total. The van der Waals surface area contributed by atoms with Gasteiger partial charge in [-0.15, -0.1) is 12.4 Å². The maximum Gasteiger partial charge on any atom is 0.142 e. The van der Waals surface area contributed by atoms with Gasteiger partial charge in [-0.2, -0.15) is 0 Å². The highest BCUT2D eigenvalue weighted by Gasteiger charge is 2.30. The molecule has 0 bridgehead atoms. The van der Waals surface area contributed by atoms with Gasteiger partial charge in [0.2, 0.25) is 0 Å². The largest absolute Gasteiger partial charge is 0.485 e. The lowest BCUT2D eigenvalue weighted by Gasteiger charge is -2.35. The van der Waals surface area contributed by atoms with E-state index in [0.717, 1.165) is 18.7 Å². The van der Waals surface area contributed by atoms with Gasteiger partial charge in [0.25, 0.3) is 0 Å². The molecule has 0 unspecified atom stereocenters. The third kappa shape index (κ3) is 3.85. The van der Waals surface area contributed by atoms with Crippen molar-refractivity contribution >= 4 is 35.6 Å². The average Bonchev–Trinajstić information content (AvgIpc) is 2.39. The summed E-state index contributed by atoms with van der Waals surface area (Å²) in [5.74, 6) is 0.542. The van der Waals surface area contributed by atoms with Gasteiger partial charge in [-0.3, -0.25) is 0 Å². The molecule has 1 aliphatic rings. The molecule has 1 heterocycles. The zero-order valence-electron chi connectivity index (χ0n) is 11.6. The Balaban J connectivity index is 0.00000176. The molecule has 1 saturated heterocycles. The zero-order chi connectivity index (χ0) is 14.8. The Morgan fingerprint density at radius 3 is 2.50 bits per heavy atom. The van der Waals surface area contributed by atoms with Crippen molar-refractivity contribution in [1.29, 1.82) is 0 Å². The maximum atomic E-state index is 13.7. The van der Waals surface area contributed by atoms with E-state index in [2.05, 4.69) is 5.32 Å². The van der Waals surface area contributed by atoms with Gasteiger partial charge in [0.1, 0.15) is 17.7 Å². The standard InChI is InChI=1S/C16H14Cl2FNO.ClH/c17-12-2-1-3-13(7-12)21-16(11-8-20-9-11)10-4-5-14(18)15(19)6-10;/h1-7,11,16,20H,8-9H2;1H/t16-;/m0./s1. The number of benzene rings is 2. The fourth-order valence-corrected chi connectivity index (χ4v) is 2.64. The minimum absolute atomic E-state index is 0. The van der Waals surface area contributed by atoms with Gasteiger partial charge in [-0.1, -0.05) is 35.3 Å². The van der Waals surface area contributed by atoms with Crippen molar-refractivity contribution in [3.05, 3.63) is 63.9 Å². The summed E-state index contributed by atoms with van der Waals surface area (Å²) in [6.07, 6.45) is -0.225. The van der Waals surface area contributed by atoms with Crippen LogP contribution in [-0.4, -0.2) is 13.1 Å². The molecule has 22 heavy (non-hydrogen) atoms. The molecule has 3 rings (SSSR count). The van der Waals surface area contributed by atoms with Crippen LogP contribution < -0.4 is 10.1 Å². The number of halogens is 4. The van der Waals surface area contributed by atoms with E-state index in [1.54, 1.807) is 24.3 Å². The van der Waals surface area contributed by atoms with Crippen LogP contribution in [-0.2, 0) is 0 Å². The molecule has 0 amide bonds. The first-order valence-corrected chi connectivity index (χ1v) is 7.47.